The second-order valence-corrected chi connectivity index (χ2v) is 4.56. The number of halogens is 3. The molecule has 6 heteroatoms. The van der Waals surface area contributed by atoms with E-state index in [2.05, 4.69) is 15.5 Å². The Morgan fingerprint density at radius 1 is 1.21 bits per heavy atom. The molecule has 0 radical (unpaired) electrons. The number of nitrogens with one attached hydrogen (secondary N) is 2. The molecule has 0 aliphatic carbocycles. The zero-order chi connectivity index (χ0) is 14.0. The molecular formula is C13H14F3N3. The van der Waals surface area contributed by atoms with Crippen LogP contribution in [-0.2, 0) is 6.54 Å². The number of rotatable bonds is 4. The van der Waals surface area contributed by atoms with Crippen LogP contribution in [0.2, 0.25) is 0 Å². The summed E-state index contributed by atoms with van der Waals surface area (Å²) in [5, 5.41) is 9.71. The van der Waals surface area contributed by atoms with Gasteiger partial charge in [0.25, 0.3) is 0 Å². The van der Waals surface area contributed by atoms with E-state index < -0.39 is 17.5 Å². The van der Waals surface area contributed by atoms with Gasteiger partial charge in [0, 0.05) is 23.7 Å². The predicted octanol–water partition coefficient (Wildman–Crippen LogP) is 2.99. The molecule has 0 aliphatic rings. The van der Waals surface area contributed by atoms with E-state index in [1.165, 1.54) is 0 Å². The smallest absolute Gasteiger partial charge is 0.194 e. The van der Waals surface area contributed by atoms with Crippen molar-refractivity contribution in [3.8, 4) is 11.3 Å². The minimum Gasteiger partial charge on any atom is -0.310 e. The number of nitrogens with zero attached hydrogens (tertiary/aromatic N) is 1. The fraction of sp³-hybridized carbons (Fsp3) is 0.308. The molecule has 0 unspecified atom stereocenters. The summed E-state index contributed by atoms with van der Waals surface area (Å²) in [5.41, 5.74) is 1.47. The Labute approximate surface area is 108 Å². The third-order valence-corrected chi connectivity index (χ3v) is 2.69. The van der Waals surface area contributed by atoms with E-state index in [1.54, 1.807) is 6.20 Å². The van der Waals surface area contributed by atoms with Gasteiger partial charge >= 0.3 is 0 Å². The first kappa shape index (κ1) is 13.6. The molecule has 102 valence electrons. The van der Waals surface area contributed by atoms with Crippen molar-refractivity contribution in [3.63, 3.8) is 0 Å². The van der Waals surface area contributed by atoms with Gasteiger partial charge in [-0.2, -0.15) is 5.10 Å². The van der Waals surface area contributed by atoms with Gasteiger partial charge < -0.3 is 5.32 Å². The third-order valence-electron chi connectivity index (χ3n) is 2.69. The average Bonchev–Trinajstić information content (AvgIpc) is 2.81. The van der Waals surface area contributed by atoms with E-state index >= 15 is 0 Å². The predicted molar refractivity (Wildman–Crippen MR) is 65.9 cm³/mol. The normalized spacial score (nSPS) is 11.3. The first-order chi connectivity index (χ1) is 8.99. The van der Waals surface area contributed by atoms with E-state index in [0.717, 1.165) is 17.7 Å². The number of aromatic amines is 1. The lowest BCUT2D eigenvalue weighted by Crippen LogP contribution is -2.21. The minimum absolute atomic E-state index is 0.231. The van der Waals surface area contributed by atoms with Gasteiger partial charge in [-0.15, -0.1) is 0 Å². The summed E-state index contributed by atoms with van der Waals surface area (Å²) >= 11 is 0. The Kier molecular flexibility index (Phi) is 3.90. The maximum absolute atomic E-state index is 13.2. The molecule has 1 aromatic carbocycles. The molecule has 0 atom stereocenters. The van der Waals surface area contributed by atoms with Crippen LogP contribution in [0.25, 0.3) is 11.3 Å². The maximum atomic E-state index is 13.2. The molecule has 0 spiro atoms. The van der Waals surface area contributed by atoms with Crippen LogP contribution in [0.15, 0.2) is 18.3 Å². The maximum Gasteiger partial charge on any atom is 0.194 e. The summed E-state index contributed by atoms with van der Waals surface area (Å²) in [7, 11) is 0. The van der Waals surface area contributed by atoms with Crippen molar-refractivity contribution in [2.45, 2.75) is 26.4 Å². The third kappa shape index (κ3) is 2.96. The molecule has 2 rings (SSSR count). The van der Waals surface area contributed by atoms with E-state index in [4.69, 9.17) is 0 Å². The van der Waals surface area contributed by atoms with Gasteiger partial charge in [-0.3, -0.25) is 5.10 Å². The van der Waals surface area contributed by atoms with Crippen LogP contribution in [-0.4, -0.2) is 16.2 Å². The van der Waals surface area contributed by atoms with Crippen molar-refractivity contribution in [1.82, 2.24) is 15.5 Å². The molecule has 1 heterocycles. The Morgan fingerprint density at radius 2 is 1.84 bits per heavy atom. The summed E-state index contributed by atoms with van der Waals surface area (Å²) in [5.74, 6) is -3.90. The van der Waals surface area contributed by atoms with E-state index in [9.17, 15) is 13.2 Å². The number of benzene rings is 1. The lowest BCUT2D eigenvalue weighted by molar-refractivity contribution is 0.447. The fourth-order valence-electron chi connectivity index (χ4n) is 1.71. The number of H-pyrrole nitrogens is 1. The van der Waals surface area contributed by atoms with Crippen molar-refractivity contribution in [3.05, 3.63) is 41.3 Å². The summed E-state index contributed by atoms with van der Waals surface area (Å²) < 4.78 is 39.3. The molecule has 0 aliphatic heterocycles. The largest absolute Gasteiger partial charge is 0.310 e. The molecule has 3 nitrogen and oxygen atoms in total. The average molecular weight is 269 g/mol. The van der Waals surface area contributed by atoms with Crippen molar-refractivity contribution in [1.29, 1.82) is 0 Å². The molecule has 0 bridgehead atoms. The highest BCUT2D eigenvalue weighted by Crippen LogP contribution is 2.24. The van der Waals surface area contributed by atoms with Crippen LogP contribution in [0.5, 0.6) is 0 Å². The zero-order valence-electron chi connectivity index (χ0n) is 10.6. The SMILES string of the molecule is CC(C)NCc1cn[nH]c1-c1cc(F)c(F)c(F)c1. The summed E-state index contributed by atoms with van der Waals surface area (Å²) in [6.07, 6.45) is 1.57. The quantitative estimate of drug-likeness (QED) is 0.838. The van der Waals surface area contributed by atoms with Crippen LogP contribution < -0.4 is 5.32 Å². The van der Waals surface area contributed by atoms with Crippen LogP contribution >= 0.6 is 0 Å². The van der Waals surface area contributed by atoms with Crippen molar-refractivity contribution >= 4 is 0 Å². The summed E-state index contributed by atoms with van der Waals surface area (Å²) in [4.78, 5) is 0. The fourth-order valence-corrected chi connectivity index (χ4v) is 1.71. The molecule has 0 saturated carbocycles. The Morgan fingerprint density at radius 3 is 2.42 bits per heavy atom. The van der Waals surface area contributed by atoms with Gasteiger partial charge in [-0.25, -0.2) is 13.2 Å². The van der Waals surface area contributed by atoms with Crippen molar-refractivity contribution in [2.24, 2.45) is 0 Å². The van der Waals surface area contributed by atoms with E-state index in [-0.39, 0.29) is 11.6 Å². The molecule has 2 N–H and O–H groups in total. The first-order valence-electron chi connectivity index (χ1n) is 5.89. The Balaban J connectivity index is 2.34. The van der Waals surface area contributed by atoms with Gasteiger partial charge in [-0.1, -0.05) is 13.8 Å². The Hall–Kier alpha value is -1.82. The molecule has 0 fully saturated rings. The van der Waals surface area contributed by atoms with Gasteiger partial charge in [0.2, 0.25) is 0 Å². The molecule has 0 amide bonds. The molecule has 19 heavy (non-hydrogen) atoms. The monoisotopic (exact) mass is 269 g/mol. The van der Waals surface area contributed by atoms with Crippen LogP contribution in [0.3, 0.4) is 0 Å². The highest BCUT2D eigenvalue weighted by atomic mass is 19.2. The lowest BCUT2D eigenvalue weighted by Gasteiger charge is -2.08. The van der Waals surface area contributed by atoms with Crippen LogP contribution in [0.1, 0.15) is 19.4 Å². The second-order valence-electron chi connectivity index (χ2n) is 4.56. The molecular weight excluding hydrogens is 255 g/mol. The van der Waals surface area contributed by atoms with Gasteiger partial charge in [-0.05, 0) is 12.1 Å². The topological polar surface area (TPSA) is 40.7 Å². The van der Waals surface area contributed by atoms with Gasteiger partial charge in [0.15, 0.2) is 17.5 Å². The summed E-state index contributed by atoms with van der Waals surface area (Å²) in [6, 6.07) is 2.17. The van der Waals surface area contributed by atoms with Crippen LogP contribution in [0.4, 0.5) is 13.2 Å². The second kappa shape index (κ2) is 5.44. The molecule has 2 aromatic rings. The molecule has 1 aromatic heterocycles. The minimum atomic E-state index is -1.47. The van der Waals surface area contributed by atoms with Crippen molar-refractivity contribution < 1.29 is 13.2 Å². The summed E-state index contributed by atoms with van der Waals surface area (Å²) in [6.45, 7) is 4.47. The Bertz CT molecular complexity index is 555. The number of hydrogen-bond donors (Lipinski definition) is 2. The first-order valence-corrected chi connectivity index (χ1v) is 5.89. The lowest BCUT2D eigenvalue weighted by atomic mass is 10.1. The highest BCUT2D eigenvalue weighted by molar-refractivity contribution is 5.62. The standard InChI is InChI=1S/C13H14F3N3/c1-7(2)17-5-9-6-18-19-13(9)8-3-10(14)12(16)11(15)4-8/h3-4,6-7,17H,5H2,1-2H3,(H,18,19). The zero-order valence-corrected chi connectivity index (χ0v) is 10.6. The van der Waals surface area contributed by atoms with E-state index in [1.807, 2.05) is 13.8 Å². The van der Waals surface area contributed by atoms with Crippen molar-refractivity contribution in [2.75, 3.05) is 0 Å². The van der Waals surface area contributed by atoms with Gasteiger partial charge in [0.1, 0.15) is 0 Å². The molecule has 0 saturated heterocycles. The van der Waals surface area contributed by atoms with Crippen LogP contribution in [0, 0.1) is 17.5 Å². The van der Waals surface area contributed by atoms with E-state index in [0.29, 0.717) is 12.2 Å². The van der Waals surface area contributed by atoms with Gasteiger partial charge in [0.05, 0.1) is 11.9 Å². The highest BCUT2D eigenvalue weighted by Gasteiger charge is 2.15. The number of aromatic nitrogens is 2. The number of hydrogen-bond acceptors (Lipinski definition) is 2.